The van der Waals surface area contributed by atoms with E-state index in [4.69, 9.17) is 9.47 Å². The minimum Gasteiger partial charge on any atom is -0.508 e. The Morgan fingerprint density at radius 2 is 1.88 bits per heavy atom. The first-order valence-electron chi connectivity index (χ1n) is 7.23. The summed E-state index contributed by atoms with van der Waals surface area (Å²) in [5, 5.41) is 9.77. The average molecular weight is 324 g/mol. The van der Waals surface area contributed by atoms with E-state index in [9.17, 15) is 9.90 Å². The number of aromatic nitrogens is 2. The van der Waals surface area contributed by atoms with E-state index in [0.29, 0.717) is 22.7 Å². The highest BCUT2D eigenvalue weighted by Crippen LogP contribution is 2.33. The lowest BCUT2D eigenvalue weighted by molar-refractivity contribution is 0.0600. The van der Waals surface area contributed by atoms with Crippen molar-refractivity contribution in [3.05, 3.63) is 60.4 Å². The number of hydrogen-bond acceptors (Lipinski definition) is 5. The molecule has 0 bridgehead atoms. The van der Waals surface area contributed by atoms with Crippen LogP contribution < -0.4 is 4.74 Å². The molecular weight excluding hydrogens is 308 g/mol. The Labute approximate surface area is 138 Å². The van der Waals surface area contributed by atoms with E-state index < -0.39 is 0 Å². The van der Waals surface area contributed by atoms with Gasteiger partial charge in [0.25, 0.3) is 0 Å². The Balaban J connectivity index is 2.05. The standard InChI is InChI=1S/C18H16N2O4/c1-23-16-8-7-14(21)11-15(16)17-19-9-10-20(17)13-5-3-12(4-6-13)18(22)24-2/h3-11,21H,1-2H3. The van der Waals surface area contributed by atoms with Crippen LogP contribution in [0, 0.1) is 0 Å². The fourth-order valence-corrected chi connectivity index (χ4v) is 2.46. The molecule has 0 radical (unpaired) electrons. The number of phenols is 1. The van der Waals surface area contributed by atoms with E-state index in [1.54, 1.807) is 62.0 Å². The fraction of sp³-hybridized carbons (Fsp3) is 0.111. The molecule has 0 amide bonds. The molecule has 24 heavy (non-hydrogen) atoms. The van der Waals surface area contributed by atoms with Gasteiger partial charge < -0.3 is 14.6 Å². The van der Waals surface area contributed by atoms with Crippen LogP contribution in [0.1, 0.15) is 10.4 Å². The fourth-order valence-electron chi connectivity index (χ4n) is 2.46. The van der Waals surface area contributed by atoms with Crippen LogP contribution in [0.2, 0.25) is 0 Å². The number of imidazole rings is 1. The van der Waals surface area contributed by atoms with Gasteiger partial charge in [-0.2, -0.15) is 0 Å². The molecule has 0 unspecified atom stereocenters. The predicted molar refractivity (Wildman–Crippen MR) is 88.6 cm³/mol. The molecule has 0 spiro atoms. The molecule has 122 valence electrons. The second-order valence-electron chi connectivity index (χ2n) is 5.04. The van der Waals surface area contributed by atoms with Gasteiger partial charge in [0.2, 0.25) is 0 Å². The van der Waals surface area contributed by atoms with Gasteiger partial charge in [0.05, 0.1) is 25.3 Å². The molecule has 0 aliphatic carbocycles. The van der Waals surface area contributed by atoms with Gasteiger partial charge in [-0.25, -0.2) is 9.78 Å². The molecule has 0 saturated carbocycles. The third kappa shape index (κ3) is 2.81. The summed E-state index contributed by atoms with van der Waals surface area (Å²) in [5.74, 6) is 0.962. The highest BCUT2D eigenvalue weighted by molar-refractivity contribution is 5.89. The lowest BCUT2D eigenvalue weighted by atomic mass is 10.1. The SMILES string of the molecule is COC(=O)c1ccc(-n2ccnc2-c2cc(O)ccc2OC)cc1. The summed E-state index contributed by atoms with van der Waals surface area (Å²) in [5.41, 5.74) is 1.96. The van der Waals surface area contributed by atoms with Crippen LogP contribution in [-0.4, -0.2) is 34.8 Å². The van der Waals surface area contributed by atoms with Crippen LogP contribution in [0.4, 0.5) is 0 Å². The van der Waals surface area contributed by atoms with Crippen LogP contribution in [-0.2, 0) is 4.74 Å². The number of carbonyl (C=O) groups is 1. The van der Waals surface area contributed by atoms with E-state index in [2.05, 4.69) is 4.98 Å². The summed E-state index contributed by atoms with van der Waals surface area (Å²) in [6.07, 6.45) is 3.46. The lowest BCUT2D eigenvalue weighted by Gasteiger charge is -2.12. The maximum absolute atomic E-state index is 11.5. The molecule has 3 rings (SSSR count). The van der Waals surface area contributed by atoms with E-state index in [1.165, 1.54) is 7.11 Å². The normalized spacial score (nSPS) is 10.4. The first kappa shape index (κ1) is 15.6. The molecule has 3 aromatic rings. The smallest absolute Gasteiger partial charge is 0.337 e. The Morgan fingerprint density at radius 3 is 2.54 bits per heavy atom. The molecule has 1 aromatic heterocycles. The van der Waals surface area contributed by atoms with Crippen molar-refractivity contribution in [1.29, 1.82) is 0 Å². The third-order valence-electron chi connectivity index (χ3n) is 3.63. The zero-order valence-corrected chi connectivity index (χ0v) is 13.3. The van der Waals surface area contributed by atoms with Gasteiger partial charge in [-0.1, -0.05) is 0 Å². The van der Waals surface area contributed by atoms with Crippen molar-refractivity contribution in [3.63, 3.8) is 0 Å². The lowest BCUT2D eigenvalue weighted by Crippen LogP contribution is -2.02. The largest absolute Gasteiger partial charge is 0.508 e. The van der Waals surface area contributed by atoms with Crippen molar-refractivity contribution < 1.29 is 19.4 Å². The van der Waals surface area contributed by atoms with Gasteiger partial charge in [-0.05, 0) is 42.5 Å². The highest BCUT2D eigenvalue weighted by Gasteiger charge is 2.14. The van der Waals surface area contributed by atoms with Crippen LogP contribution in [0.25, 0.3) is 17.1 Å². The van der Waals surface area contributed by atoms with Gasteiger partial charge in [0.15, 0.2) is 0 Å². The molecule has 1 N–H and O–H groups in total. The van der Waals surface area contributed by atoms with Crippen molar-refractivity contribution in [2.75, 3.05) is 14.2 Å². The average Bonchev–Trinajstić information content (AvgIpc) is 3.10. The molecule has 6 nitrogen and oxygen atoms in total. The van der Waals surface area contributed by atoms with E-state index in [1.807, 2.05) is 4.57 Å². The van der Waals surface area contributed by atoms with Gasteiger partial charge in [0, 0.05) is 18.1 Å². The minimum absolute atomic E-state index is 0.126. The first-order valence-corrected chi connectivity index (χ1v) is 7.23. The molecule has 0 fully saturated rings. The molecule has 0 aliphatic rings. The monoisotopic (exact) mass is 324 g/mol. The van der Waals surface area contributed by atoms with Gasteiger partial charge in [-0.3, -0.25) is 4.57 Å². The number of rotatable bonds is 4. The Hall–Kier alpha value is -3.28. The molecule has 0 aliphatic heterocycles. The quantitative estimate of drug-likeness (QED) is 0.747. The van der Waals surface area contributed by atoms with Crippen molar-refractivity contribution >= 4 is 5.97 Å². The summed E-state index contributed by atoms with van der Waals surface area (Å²) in [7, 11) is 2.91. The van der Waals surface area contributed by atoms with Gasteiger partial charge in [-0.15, -0.1) is 0 Å². The second kappa shape index (κ2) is 6.45. The Bertz CT molecular complexity index is 869. The van der Waals surface area contributed by atoms with E-state index >= 15 is 0 Å². The molecular formula is C18H16N2O4. The Morgan fingerprint density at radius 1 is 1.12 bits per heavy atom. The number of methoxy groups -OCH3 is 2. The summed E-state index contributed by atoms with van der Waals surface area (Å²) in [6.45, 7) is 0. The summed E-state index contributed by atoms with van der Waals surface area (Å²) < 4.78 is 11.9. The number of carbonyl (C=O) groups excluding carboxylic acids is 1. The number of esters is 1. The van der Waals surface area contributed by atoms with Crippen molar-refractivity contribution in [2.24, 2.45) is 0 Å². The van der Waals surface area contributed by atoms with Crippen LogP contribution in [0.5, 0.6) is 11.5 Å². The van der Waals surface area contributed by atoms with Crippen molar-refractivity contribution in [3.8, 4) is 28.6 Å². The number of nitrogens with zero attached hydrogens (tertiary/aromatic N) is 2. The maximum Gasteiger partial charge on any atom is 0.337 e. The second-order valence-corrected chi connectivity index (χ2v) is 5.04. The number of hydrogen-bond donors (Lipinski definition) is 1. The van der Waals surface area contributed by atoms with E-state index in [-0.39, 0.29) is 11.7 Å². The van der Waals surface area contributed by atoms with Crippen LogP contribution in [0.3, 0.4) is 0 Å². The van der Waals surface area contributed by atoms with Crippen LogP contribution >= 0.6 is 0 Å². The molecule has 0 atom stereocenters. The van der Waals surface area contributed by atoms with Gasteiger partial charge in [0.1, 0.15) is 17.3 Å². The van der Waals surface area contributed by atoms with E-state index in [0.717, 1.165) is 5.69 Å². The topological polar surface area (TPSA) is 73.6 Å². The zero-order chi connectivity index (χ0) is 17.1. The van der Waals surface area contributed by atoms with Crippen molar-refractivity contribution in [1.82, 2.24) is 9.55 Å². The summed E-state index contributed by atoms with van der Waals surface area (Å²) in [4.78, 5) is 15.9. The highest BCUT2D eigenvalue weighted by atomic mass is 16.5. The zero-order valence-electron chi connectivity index (χ0n) is 13.3. The molecule has 0 saturated heterocycles. The number of phenolic OH excluding ortho intramolecular Hbond substituents is 1. The number of benzene rings is 2. The summed E-state index contributed by atoms with van der Waals surface area (Å²) in [6, 6.07) is 11.8. The third-order valence-corrected chi connectivity index (χ3v) is 3.63. The number of ether oxygens (including phenoxy) is 2. The predicted octanol–water partition coefficient (Wildman–Crippen LogP) is 3.04. The Kier molecular flexibility index (Phi) is 4.20. The maximum atomic E-state index is 11.5. The first-order chi connectivity index (χ1) is 11.6. The molecule has 6 heteroatoms. The number of aromatic hydroxyl groups is 1. The molecule has 2 aromatic carbocycles. The minimum atomic E-state index is -0.387. The van der Waals surface area contributed by atoms with Crippen LogP contribution in [0.15, 0.2) is 54.9 Å². The van der Waals surface area contributed by atoms with Crippen molar-refractivity contribution in [2.45, 2.75) is 0 Å². The van der Waals surface area contributed by atoms with Gasteiger partial charge >= 0.3 is 5.97 Å². The summed E-state index contributed by atoms with van der Waals surface area (Å²) >= 11 is 0. The molecule has 1 heterocycles.